The van der Waals surface area contributed by atoms with Gasteiger partial charge in [0.15, 0.2) is 11.2 Å². The molecule has 1 N–H and O–H groups in total. The number of ether oxygens (including phenoxy) is 1. The minimum atomic E-state index is -3.51. The first-order valence-corrected chi connectivity index (χ1v) is 12.2. The third-order valence-electron chi connectivity index (χ3n) is 5.48. The van der Waals surface area contributed by atoms with Gasteiger partial charge in [-0.15, -0.1) is 0 Å². The lowest BCUT2D eigenvalue weighted by molar-refractivity contribution is -0.149. The highest BCUT2D eigenvalue weighted by Gasteiger charge is 2.39. The minimum Gasteiger partial charge on any atom is -0.456 e. The van der Waals surface area contributed by atoms with Crippen LogP contribution in [0.5, 0.6) is 0 Å². The highest BCUT2D eigenvalue weighted by atomic mass is 32.2. The molecule has 0 saturated carbocycles. The van der Waals surface area contributed by atoms with Gasteiger partial charge in [-0.1, -0.05) is 20.3 Å². The van der Waals surface area contributed by atoms with E-state index in [1.165, 1.54) is 13.4 Å². The zero-order valence-corrected chi connectivity index (χ0v) is 18.9. The molecule has 1 fully saturated rings. The largest absolute Gasteiger partial charge is 0.456 e. The number of hydrogen-bond acceptors (Lipinski definition) is 7. The Morgan fingerprint density at radius 2 is 2.00 bits per heavy atom. The second-order valence-corrected chi connectivity index (χ2v) is 9.76. The maximum atomic E-state index is 12.6. The van der Waals surface area contributed by atoms with E-state index in [0.717, 1.165) is 12.8 Å². The number of nitrogens with zero attached hydrogens (tertiary/aromatic N) is 4. The van der Waals surface area contributed by atoms with Crippen molar-refractivity contribution in [3.8, 4) is 0 Å². The van der Waals surface area contributed by atoms with Crippen molar-refractivity contribution >= 4 is 27.2 Å². The average molecular weight is 456 g/mol. The van der Waals surface area contributed by atoms with Gasteiger partial charge >= 0.3 is 11.7 Å². The molecule has 0 radical (unpaired) electrons. The summed E-state index contributed by atoms with van der Waals surface area (Å²) in [4.78, 5) is 43.9. The zero-order valence-electron chi connectivity index (χ0n) is 18.1. The van der Waals surface area contributed by atoms with Crippen LogP contribution in [0, 0.1) is 0 Å². The van der Waals surface area contributed by atoms with Crippen LogP contribution in [0.4, 0.5) is 0 Å². The Labute approximate surface area is 180 Å². The molecule has 172 valence electrons. The van der Waals surface area contributed by atoms with Gasteiger partial charge in [0.25, 0.3) is 5.56 Å². The summed E-state index contributed by atoms with van der Waals surface area (Å²) >= 11 is 0. The summed E-state index contributed by atoms with van der Waals surface area (Å²) in [5.74, 6) is -0.355. The molecule has 2 aromatic heterocycles. The van der Waals surface area contributed by atoms with E-state index in [1.807, 2.05) is 6.92 Å². The van der Waals surface area contributed by atoms with Gasteiger partial charge < -0.3 is 9.30 Å². The zero-order chi connectivity index (χ0) is 22.8. The second kappa shape index (κ2) is 9.35. The average Bonchev–Trinajstić information content (AvgIpc) is 3.32. The second-order valence-electron chi connectivity index (χ2n) is 7.72. The molecular weight excluding hydrogens is 426 g/mol. The predicted octanol–water partition coefficient (Wildman–Crippen LogP) is 0.471. The standard InChI is InChI=1S/C19H29N5O6S/c1-4-6-9-23-16-15(17(25)21-19(23)27)22(3)14(20-16)12-30-18(26)13-8-7-10-24(13)31(28,29)11-5-2/h13H,4-12H2,1-3H3,(H,21,25,27). The van der Waals surface area contributed by atoms with E-state index in [9.17, 15) is 22.8 Å². The number of nitrogens with one attached hydrogen (secondary N) is 1. The first kappa shape index (κ1) is 23.2. The van der Waals surface area contributed by atoms with Crippen molar-refractivity contribution in [2.75, 3.05) is 12.3 Å². The molecule has 31 heavy (non-hydrogen) atoms. The van der Waals surface area contributed by atoms with Crippen LogP contribution in [0.3, 0.4) is 0 Å². The third-order valence-corrected chi connectivity index (χ3v) is 7.56. The van der Waals surface area contributed by atoms with E-state index < -0.39 is 33.3 Å². The molecule has 1 aliphatic rings. The molecule has 3 heterocycles. The summed E-state index contributed by atoms with van der Waals surface area (Å²) in [6.07, 6.45) is 3.07. The fraction of sp³-hybridized carbons (Fsp3) is 0.684. The minimum absolute atomic E-state index is 0.0143. The van der Waals surface area contributed by atoms with Crippen molar-refractivity contribution in [2.45, 2.75) is 65.1 Å². The number of aromatic nitrogens is 4. The Morgan fingerprint density at radius 3 is 2.68 bits per heavy atom. The third kappa shape index (κ3) is 4.59. The Morgan fingerprint density at radius 1 is 1.26 bits per heavy atom. The number of esters is 1. The number of carbonyl (C=O) groups is 1. The summed E-state index contributed by atoms with van der Waals surface area (Å²) in [7, 11) is -1.91. The molecule has 0 aliphatic carbocycles. The lowest BCUT2D eigenvalue weighted by Gasteiger charge is -2.22. The monoisotopic (exact) mass is 455 g/mol. The Balaban J connectivity index is 1.83. The van der Waals surface area contributed by atoms with Gasteiger partial charge in [-0.05, 0) is 25.7 Å². The highest BCUT2D eigenvalue weighted by Crippen LogP contribution is 2.23. The van der Waals surface area contributed by atoms with Gasteiger partial charge in [0, 0.05) is 20.1 Å². The van der Waals surface area contributed by atoms with Gasteiger partial charge in [0.05, 0.1) is 5.75 Å². The van der Waals surface area contributed by atoms with E-state index in [2.05, 4.69) is 9.97 Å². The maximum absolute atomic E-state index is 12.6. The van der Waals surface area contributed by atoms with Crippen LogP contribution in [0.1, 0.15) is 51.8 Å². The van der Waals surface area contributed by atoms with Crippen LogP contribution in [0.2, 0.25) is 0 Å². The van der Waals surface area contributed by atoms with E-state index >= 15 is 0 Å². The number of sulfonamides is 1. The quantitative estimate of drug-likeness (QED) is 0.543. The van der Waals surface area contributed by atoms with Crippen LogP contribution in [-0.2, 0) is 39.8 Å². The van der Waals surface area contributed by atoms with E-state index in [-0.39, 0.29) is 23.5 Å². The van der Waals surface area contributed by atoms with Crippen molar-refractivity contribution in [2.24, 2.45) is 7.05 Å². The molecule has 2 aromatic rings. The summed E-state index contributed by atoms with van der Waals surface area (Å²) in [6.45, 7) is 4.24. The molecular formula is C19H29N5O6S. The highest BCUT2D eigenvalue weighted by molar-refractivity contribution is 7.89. The van der Waals surface area contributed by atoms with Gasteiger partial charge in [-0.25, -0.2) is 18.2 Å². The van der Waals surface area contributed by atoms with Crippen LogP contribution in [-0.4, -0.2) is 56.1 Å². The van der Waals surface area contributed by atoms with Crippen LogP contribution in [0.25, 0.3) is 11.2 Å². The van der Waals surface area contributed by atoms with Gasteiger partial charge in [-0.2, -0.15) is 4.31 Å². The topological polar surface area (TPSA) is 136 Å². The number of hydrogen-bond donors (Lipinski definition) is 1. The Bertz CT molecular complexity index is 1180. The first-order chi connectivity index (χ1) is 14.7. The predicted molar refractivity (Wildman–Crippen MR) is 114 cm³/mol. The molecule has 0 aromatic carbocycles. The van der Waals surface area contributed by atoms with Crippen molar-refractivity contribution in [1.29, 1.82) is 0 Å². The Hall–Kier alpha value is -2.47. The smallest absolute Gasteiger partial charge is 0.330 e. The fourth-order valence-electron chi connectivity index (χ4n) is 3.86. The number of rotatable bonds is 9. The molecule has 11 nitrogen and oxygen atoms in total. The van der Waals surface area contributed by atoms with Gasteiger partial charge in [0.1, 0.15) is 18.5 Å². The van der Waals surface area contributed by atoms with Crippen LogP contribution in [0.15, 0.2) is 9.59 Å². The van der Waals surface area contributed by atoms with E-state index in [4.69, 9.17) is 4.74 Å². The van der Waals surface area contributed by atoms with Crippen LogP contribution >= 0.6 is 0 Å². The summed E-state index contributed by atoms with van der Waals surface area (Å²) < 4.78 is 34.3. The van der Waals surface area contributed by atoms with Gasteiger partial charge in [0.2, 0.25) is 10.0 Å². The van der Waals surface area contributed by atoms with Crippen molar-refractivity contribution in [1.82, 2.24) is 23.4 Å². The lowest BCUT2D eigenvalue weighted by atomic mass is 10.2. The molecule has 1 unspecified atom stereocenters. The molecule has 0 bridgehead atoms. The maximum Gasteiger partial charge on any atom is 0.330 e. The molecule has 12 heteroatoms. The first-order valence-electron chi connectivity index (χ1n) is 10.6. The van der Waals surface area contributed by atoms with Crippen molar-refractivity contribution in [3.63, 3.8) is 0 Å². The number of carbonyl (C=O) groups excluding carboxylic acids is 1. The number of fused-ring (bicyclic) bond motifs is 1. The summed E-state index contributed by atoms with van der Waals surface area (Å²) in [5.41, 5.74) is -0.637. The molecule has 0 amide bonds. The molecule has 1 aliphatic heterocycles. The molecule has 1 saturated heterocycles. The normalized spacial score (nSPS) is 17.5. The lowest BCUT2D eigenvalue weighted by Crippen LogP contribution is -2.42. The number of H-pyrrole nitrogens is 1. The van der Waals surface area contributed by atoms with E-state index in [0.29, 0.717) is 38.2 Å². The number of aromatic amines is 1. The molecule has 3 rings (SSSR count). The summed E-state index contributed by atoms with van der Waals surface area (Å²) in [5, 5.41) is 0. The molecule has 1 atom stereocenters. The van der Waals surface area contributed by atoms with Gasteiger partial charge in [-0.3, -0.25) is 19.1 Å². The van der Waals surface area contributed by atoms with Crippen molar-refractivity contribution in [3.05, 3.63) is 26.7 Å². The Kier molecular flexibility index (Phi) is 6.99. The SMILES string of the molecule is CCCCn1c(=O)[nH]c(=O)c2c1nc(COC(=O)C1CCCN1S(=O)(=O)CCC)n2C. The van der Waals surface area contributed by atoms with E-state index in [1.54, 1.807) is 14.0 Å². The van der Waals surface area contributed by atoms with Crippen molar-refractivity contribution < 1.29 is 17.9 Å². The fourth-order valence-corrected chi connectivity index (χ4v) is 5.60. The number of aryl methyl sites for hydroxylation is 2. The number of imidazole rings is 1. The number of unbranched alkanes of at least 4 members (excludes halogenated alkanes) is 1. The molecule has 0 spiro atoms. The summed E-state index contributed by atoms with van der Waals surface area (Å²) in [6, 6.07) is -0.850. The van der Waals surface area contributed by atoms with Crippen LogP contribution < -0.4 is 11.2 Å².